The van der Waals surface area contributed by atoms with Crippen LogP contribution >= 0.6 is 0 Å². The molecular formula is C13H19NO2. The van der Waals surface area contributed by atoms with Gasteiger partial charge in [-0.25, -0.2) is 0 Å². The summed E-state index contributed by atoms with van der Waals surface area (Å²) in [5.74, 6) is 2.84. The van der Waals surface area contributed by atoms with Gasteiger partial charge in [0, 0.05) is 5.56 Å². The number of benzene rings is 1. The topological polar surface area (TPSA) is 44.5 Å². The third-order valence-corrected chi connectivity index (χ3v) is 3.36. The van der Waals surface area contributed by atoms with Crippen molar-refractivity contribution in [1.82, 2.24) is 0 Å². The minimum atomic E-state index is 0.481. The zero-order valence-corrected chi connectivity index (χ0v) is 9.90. The van der Waals surface area contributed by atoms with Crippen LogP contribution in [0.3, 0.4) is 0 Å². The molecule has 1 aliphatic rings. The summed E-state index contributed by atoms with van der Waals surface area (Å²) in [5, 5.41) is 0. The Labute approximate surface area is 96.5 Å². The largest absolute Gasteiger partial charge is 0.497 e. The van der Waals surface area contributed by atoms with E-state index < -0.39 is 0 Å². The Balaban J connectivity index is 2.35. The van der Waals surface area contributed by atoms with Crippen LogP contribution in [-0.2, 0) is 0 Å². The molecular weight excluding hydrogens is 202 g/mol. The first-order chi connectivity index (χ1) is 7.76. The Hall–Kier alpha value is -1.22. The zero-order valence-electron chi connectivity index (χ0n) is 9.90. The molecule has 2 N–H and O–H groups in total. The first kappa shape index (κ1) is 11.3. The minimum absolute atomic E-state index is 0.481. The number of fused-ring (bicyclic) bond motifs is 1. The lowest BCUT2D eigenvalue weighted by atomic mass is 9.83. The van der Waals surface area contributed by atoms with Gasteiger partial charge in [-0.15, -0.1) is 0 Å². The quantitative estimate of drug-likeness (QED) is 0.850. The van der Waals surface area contributed by atoms with E-state index in [0.29, 0.717) is 18.4 Å². The molecule has 0 fully saturated rings. The highest BCUT2D eigenvalue weighted by molar-refractivity contribution is 5.43. The number of hydrogen-bond donors (Lipinski definition) is 1. The van der Waals surface area contributed by atoms with Crippen molar-refractivity contribution in [1.29, 1.82) is 0 Å². The van der Waals surface area contributed by atoms with Crippen molar-refractivity contribution in [3.8, 4) is 11.5 Å². The molecule has 2 rings (SSSR count). The molecule has 2 atom stereocenters. The SMILES string of the molecule is COc1ccc2c(c1)C(C(C)CN)CCO2. The smallest absolute Gasteiger partial charge is 0.123 e. The zero-order chi connectivity index (χ0) is 11.5. The van der Waals surface area contributed by atoms with Gasteiger partial charge < -0.3 is 15.2 Å². The van der Waals surface area contributed by atoms with E-state index in [-0.39, 0.29) is 0 Å². The van der Waals surface area contributed by atoms with Gasteiger partial charge in [-0.2, -0.15) is 0 Å². The molecule has 0 radical (unpaired) electrons. The van der Waals surface area contributed by atoms with E-state index in [1.807, 2.05) is 12.1 Å². The van der Waals surface area contributed by atoms with E-state index in [1.165, 1.54) is 5.56 Å². The molecule has 0 aliphatic carbocycles. The first-order valence-corrected chi connectivity index (χ1v) is 5.77. The highest BCUT2D eigenvalue weighted by atomic mass is 16.5. The Bertz CT molecular complexity index is 365. The van der Waals surface area contributed by atoms with E-state index in [9.17, 15) is 0 Å². The number of ether oxygens (including phenoxy) is 2. The Kier molecular flexibility index (Phi) is 3.34. The predicted octanol–water partition coefficient (Wildman–Crippen LogP) is 2.16. The molecule has 1 aromatic rings. The predicted molar refractivity (Wildman–Crippen MR) is 64.1 cm³/mol. The summed E-state index contributed by atoms with van der Waals surface area (Å²) in [6.45, 7) is 3.69. The maximum atomic E-state index is 5.76. The molecule has 3 nitrogen and oxygen atoms in total. The van der Waals surface area contributed by atoms with Crippen LogP contribution in [0.15, 0.2) is 18.2 Å². The molecule has 3 heteroatoms. The van der Waals surface area contributed by atoms with Crippen LogP contribution in [0, 0.1) is 5.92 Å². The Morgan fingerprint density at radius 1 is 1.56 bits per heavy atom. The monoisotopic (exact) mass is 221 g/mol. The molecule has 0 bridgehead atoms. The van der Waals surface area contributed by atoms with Gasteiger partial charge in [-0.05, 0) is 43.0 Å². The number of methoxy groups -OCH3 is 1. The fraction of sp³-hybridized carbons (Fsp3) is 0.538. The number of nitrogens with two attached hydrogens (primary N) is 1. The maximum absolute atomic E-state index is 5.76. The summed E-state index contributed by atoms with van der Waals surface area (Å²) in [5.41, 5.74) is 7.00. The van der Waals surface area contributed by atoms with Gasteiger partial charge in [0.1, 0.15) is 11.5 Å². The van der Waals surface area contributed by atoms with E-state index in [0.717, 1.165) is 24.5 Å². The van der Waals surface area contributed by atoms with E-state index >= 15 is 0 Å². The lowest BCUT2D eigenvalue weighted by molar-refractivity contribution is 0.243. The normalized spacial score (nSPS) is 20.8. The van der Waals surface area contributed by atoms with Gasteiger partial charge in [-0.1, -0.05) is 6.92 Å². The molecule has 0 aromatic heterocycles. The average molecular weight is 221 g/mol. The van der Waals surface area contributed by atoms with Crippen LogP contribution in [0.4, 0.5) is 0 Å². The van der Waals surface area contributed by atoms with Crippen molar-refractivity contribution in [3.63, 3.8) is 0 Å². The molecule has 1 aliphatic heterocycles. The molecule has 0 spiro atoms. The summed E-state index contributed by atoms with van der Waals surface area (Å²) in [7, 11) is 1.69. The van der Waals surface area contributed by atoms with Gasteiger partial charge in [0.2, 0.25) is 0 Å². The van der Waals surface area contributed by atoms with Crippen LogP contribution < -0.4 is 15.2 Å². The molecule has 1 heterocycles. The molecule has 0 saturated carbocycles. The molecule has 88 valence electrons. The lowest BCUT2D eigenvalue weighted by Crippen LogP contribution is -2.24. The van der Waals surface area contributed by atoms with E-state index in [2.05, 4.69) is 13.0 Å². The van der Waals surface area contributed by atoms with Crippen LogP contribution in [-0.4, -0.2) is 20.3 Å². The highest BCUT2D eigenvalue weighted by Crippen LogP contribution is 2.39. The van der Waals surface area contributed by atoms with Crippen molar-refractivity contribution in [3.05, 3.63) is 23.8 Å². The van der Waals surface area contributed by atoms with Gasteiger partial charge in [0.05, 0.1) is 13.7 Å². The average Bonchev–Trinajstić information content (AvgIpc) is 2.36. The fourth-order valence-electron chi connectivity index (χ4n) is 2.28. The van der Waals surface area contributed by atoms with Crippen molar-refractivity contribution in [2.75, 3.05) is 20.3 Å². The maximum Gasteiger partial charge on any atom is 0.123 e. The number of hydrogen-bond acceptors (Lipinski definition) is 3. The second-order valence-electron chi connectivity index (χ2n) is 4.36. The van der Waals surface area contributed by atoms with Gasteiger partial charge in [0.15, 0.2) is 0 Å². The van der Waals surface area contributed by atoms with Crippen LogP contribution in [0.1, 0.15) is 24.8 Å². The highest BCUT2D eigenvalue weighted by Gasteiger charge is 2.26. The van der Waals surface area contributed by atoms with E-state index in [4.69, 9.17) is 15.2 Å². The van der Waals surface area contributed by atoms with Crippen molar-refractivity contribution in [2.45, 2.75) is 19.3 Å². The molecule has 1 aromatic carbocycles. The first-order valence-electron chi connectivity index (χ1n) is 5.77. The Morgan fingerprint density at radius 2 is 2.38 bits per heavy atom. The summed E-state index contributed by atoms with van der Waals surface area (Å²) in [6.07, 6.45) is 1.04. The van der Waals surface area contributed by atoms with Crippen molar-refractivity contribution < 1.29 is 9.47 Å². The minimum Gasteiger partial charge on any atom is -0.497 e. The second kappa shape index (κ2) is 4.74. The van der Waals surface area contributed by atoms with Crippen LogP contribution in [0.25, 0.3) is 0 Å². The summed E-state index contributed by atoms with van der Waals surface area (Å²) in [4.78, 5) is 0. The third-order valence-electron chi connectivity index (χ3n) is 3.36. The van der Waals surface area contributed by atoms with Crippen LogP contribution in [0.5, 0.6) is 11.5 Å². The van der Waals surface area contributed by atoms with Crippen LogP contribution in [0.2, 0.25) is 0 Å². The molecule has 2 unspecified atom stereocenters. The summed E-state index contributed by atoms with van der Waals surface area (Å²) in [6, 6.07) is 6.00. The van der Waals surface area contributed by atoms with Crippen molar-refractivity contribution in [2.24, 2.45) is 11.7 Å². The Morgan fingerprint density at radius 3 is 3.06 bits per heavy atom. The van der Waals surface area contributed by atoms with Gasteiger partial charge in [-0.3, -0.25) is 0 Å². The van der Waals surface area contributed by atoms with Crippen molar-refractivity contribution >= 4 is 0 Å². The fourth-order valence-corrected chi connectivity index (χ4v) is 2.28. The second-order valence-corrected chi connectivity index (χ2v) is 4.36. The van der Waals surface area contributed by atoms with Gasteiger partial charge in [0.25, 0.3) is 0 Å². The number of rotatable bonds is 3. The summed E-state index contributed by atoms with van der Waals surface area (Å²) >= 11 is 0. The molecule has 0 saturated heterocycles. The lowest BCUT2D eigenvalue weighted by Gasteiger charge is -2.30. The third kappa shape index (κ3) is 2.00. The summed E-state index contributed by atoms with van der Waals surface area (Å²) < 4.78 is 10.9. The van der Waals surface area contributed by atoms with Gasteiger partial charge >= 0.3 is 0 Å². The molecule has 16 heavy (non-hydrogen) atoms. The standard InChI is InChI=1S/C13H19NO2/c1-9(8-14)11-5-6-16-13-4-3-10(15-2)7-12(11)13/h3-4,7,9,11H,5-6,8,14H2,1-2H3. The van der Waals surface area contributed by atoms with E-state index in [1.54, 1.807) is 7.11 Å². The molecule has 0 amide bonds.